The Morgan fingerprint density at radius 2 is 2.12 bits per heavy atom. The van der Waals surface area contributed by atoms with Gasteiger partial charge < -0.3 is 15.4 Å². The molecule has 0 aromatic rings. The molecule has 1 amide bonds. The number of nitrogens with two attached hydrogens (primary N) is 1. The normalized spacial score (nSPS) is 26.9. The minimum absolute atomic E-state index is 0.123. The van der Waals surface area contributed by atoms with Crippen molar-refractivity contribution in [2.45, 2.75) is 45.3 Å². The second kappa shape index (κ2) is 5.15. The van der Waals surface area contributed by atoms with Crippen molar-refractivity contribution in [1.82, 2.24) is 4.90 Å². The molecule has 4 nitrogen and oxygen atoms in total. The number of amides is 1. The van der Waals surface area contributed by atoms with Crippen LogP contribution >= 0.6 is 0 Å². The lowest BCUT2D eigenvalue weighted by Crippen LogP contribution is -2.50. The van der Waals surface area contributed by atoms with Crippen LogP contribution < -0.4 is 5.73 Å². The Hall–Kier alpha value is -0.610. The number of rotatable bonds is 3. The van der Waals surface area contributed by atoms with Gasteiger partial charge >= 0.3 is 0 Å². The van der Waals surface area contributed by atoms with Gasteiger partial charge in [0.15, 0.2) is 0 Å². The summed E-state index contributed by atoms with van der Waals surface area (Å²) in [7, 11) is 1.64. The monoisotopic (exact) mass is 228 g/mol. The van der Waals surface area contributed by atoms with E-state index in [-0.39, 0.29) is 17.6 Å². The number of nitrogens with zero attached hydrogens (tertiary/aromatic N) is 1. The summed E-state index contributed by atoms with van der Waals surface area (Å²) in [6.07, 6.45) is 1.43. The fraction of sp³-hybridized carbons (Fsp3) is 0.917. The largest absolute Gasteiger partial charge is 0.378 e. The van der Waals surface area contributed by atoms with Crippen LogP contribution in [0.15, 0.2) is 0 Å². The zero-order valence-corrected chi connectivity index (χ0v) is 10.8. The quantitative estimate of drug-likeness (QED) is 0.784. The first-order valence-corrected chi connectivity index (χ1v) is 5.92. The van der Waals surface area contributed by atoms with E-state index in [9.17, 15) is 4.79 Å². The number of likely N-dealkylation sites (tertiary alicyclic amines) is 1. The van der Waals surface area contributed by atoms with Crippen molar-refractivity contribution in [3.8, 4) is 0 Å². The van der Waals surface area contributed by atoms with Crippen LogP contribution in [0.3, 0.4) is 0 Å². The summed E-state index contributed by atoms with van der Waals surface area (Å²) in [5.41, 5.74) is 5.54. The summed E-state index contributed by atoms with van der Waals surface area (Å²) in [5, 5.41) is 0. The molecule has 1 aliphatic heterocycles. The van der Waals surface area contributed by atoms with Gasteiger partial charge in [0, 0.05) is 26.2 Å². The fourth-order valence-corrected chi connectivity index (χ4v) is 2.15. The van der Waals surface area contributed by atoms with Crippen molar-refractivity contribution < 1.29 is 9.53 Å². The van der Waals surface area contributed by atoms with Gasteiger partial charge in [0.25, 0.3) is 0 Å². The molecule has 0 bridgehead atoms. The van der Waals surface area contributed by atoms with Crippen LogP contribution in [0, 0.1) is 5.92 Å². The van der Waals surface area contributed by atoms with Gasteiger partial charge in [-0.2, -0.15) is 0 Å². The van der Waals surface area contributed by atoms with Crippen molar-refractivity contribution in [3.05, 3.63) is 0 Å². The molecule has 0 spiro atoms. The summed E-state index contributed by atoms with van der Waals surface area (Å²) >= 11 is 0. The van der Waals surface area contributed by atoms with Crippen molar-refractivity contribution in [1.29, 1.82) is 0 Å². The molecule has 2 N–H and O–H groups in total. The molecule has 2 atom stereocenters. The molecule has 0 aromatic carbocycles. The Bertz CT molecular complexity index is 243. The van der Waals surface area contributed by atoms with E-state index in [4.69, 9.17) is 10.5 Å². The van der Waals surface area contributed by atoms with E-state index in [1.54, 1.807) is 7.11 Å². The van der Waals surface area contributed by atoms with E-state index < -0.39 is 0 Å². The summed E-state index contributed by atoms with van der Waals surface area (Å²) in [5.74, 6) is 0.646. The standard InChI is InChI=1S/C12H24N2O2/c1-9-5-10(13)8-14(7-9)11(15)6-12(2,3)16-4/h9-10H,5-8,13H2,1-4H3. The second-order valence-corrected chi connectivity index (χ2v) is 5.54. The van der Waals surface area contributed by atoms with Crippen molar-refractivity contribution in [2.24, 2.45) is 11.7 Å². The molecule has 0 aromatic heterocycles. The van der Waals surface area contributed by atoms with Crippen molar-refractivity contribution in [3.63, 3.8) is 0 Å². The molecule has 0 aliphatic carbocycles. The molecule has 94 valence electrons. The highest BCUT2D eigenvalue weighted by Gasteiger charge is 2.29. The average molecular weight is 228 g/mol. The van der Waals surface area contributed by atoms with Crippen LogP contribution in [0.25, 0.3) is 0 Å². The molecule has 4 heteroatoms. The number of piperidine rings is 1. The maximum absolute atomic E-state index is 12.1. The smallest absolute Gasteiger partial charge is 0.225 e. The van der Waals surface area contributed by atoms with E-state index in [2.05, 4.69) is 6.92 Å². The molecule has 2 unspecified atom stereocenters. The zero-order valence-electron chi connectivity index (χ0n) is 10.8. The molecular weight excluding hydrogens is 204 g/mol. The third-order valence-electron chi connectivity index (χ3n) is 3.17. The van der Waals surface area contributed by atoms with Crippen molar-refractivity contribution in [2.75, 3.05) is 20.2 Å². The lowest BCUT2D eigenvalue weighted by Gasteiger charge is -2.36. The van der Waals surface area contributed by atoms with Crippen LogP contribution in [0.2, 0.25) is 0 Å². The van der Waals surface area contributed by atoms with Gasteiger partial charge in [-0.25, -0.2) is 0 Å². The highest BCUT2D eigenvalue weighted by molar-refractivity contribution is 5.77. The SMILES string of the molecule is COC(C)(C)CC(=O)N1CC(C)CC(N)C1. The van der Waals surface area contributed by atoms with E-state index in [1.807, 2.05) is 18.7 Å². The summed E-state index contributed by atoms with van der Waals surface area (Å²) < 4.78 is 5.27. The Morgan fingerprint density at radius 3 is 2.62 bits per heavy atom. The Labute approximate surface area is 98.1 Å². The van der Waals surface area contributed by atoms with Gasteiger partial charge in [-0.15, -0.1) is 0 Å². The van der Waals surface area contributed by atoms with E-state index >= 15 is 0 Å². The average Bonchev–Trinajstić information content (AvgIpc) is 2.15. The minimum atomic E-state index is -0.387. The van der Waals surface area contributed by atoms with Crippen LogP contribution in [0.4, 0.5) is 0 Å². The summed E-state index contributed by atoms with van der Waals surface area (Å²) in [4.78, 5) is 13.9. The first kappa shape index (κ1) is 13.5. The molecule has 0 saturated carbocycles. The molecule has 1 rings (SSSR count). The number of hydrogen-bond acceptors (Lipinski definition) is 3. The molecule has 1 heterocycles. The van der Waals surface area contributed by atoms with Crippen LogP contribution in [0.1, 0.15) is 33.6 Å². The molecular formula is C12H24N2O2. The number of methoxy groups -OCH3 is 1. The summed E-state index contributed by atoms with van der Waals surface area (Å²) in [6, 6.07) is 0.123. The van der Waals surface area contributed by atoms with E-state index in [0.29, 0.717) is 18.9 Å². The molecule has 1 saturated heterocycles. The van der Waals surface area contributed by atoms with Crippen LogP contribution in [-0.2, 0) is 9.53 Å². The highest BCUT2D eigenvalue weighted by atomic mass is 16.5. The second-order valence-electron chi connectivity index (χ2n) is 5.54. The van der Waals surface area contributed by atoms with Crippen LogP contribution in [0.5, 0.6) is 0 Å². The molecule has 16 heavy (non-hydrogen) atoms. The lowest BCUT2D eigenvalue weighted by atomic mass is 9.95. The third-order valence-corrected chi connectivity index (χ3v) is 3.17. The van der Waals surface area contributed by atoms with Gasteiger partial charge in [-0.3, -0.25) is 4.79 Å². The van der Waals surface area contributed by atoms with Gasteiger partial charge in [0.1, 0.15) is 0 Å². The lowest BCUT2D eigenvalue weighted by molar-refractivity contribution is -0.138. The number of carbonyl (C=O) groups is 1. The molecule has 0 radical (unpaired) electrons. The Kier molecular flexibility index (Phi) is 4.33. The summed E-state index contributed by atoms with van der Waals surface area (Å²) in [6.45, 7) is 7.51. The van der Waals surface area contributed by atoms with Gasteiger partial charge in [-0.05, 0) is 26.2 Å². The molecule has 1 fully saturated rings. The predicted octanol–water partition coefficient (Wildman–Crippen LogP) is 0.997. The van der Waals surface area contributed by atoms with Crippen molar-refractivity contribution >= 4 is 5.91 Å². The van der Waals surface area contributed by atoms with Gasteiger partial charge in [0.05, 0.1) is 12.0 Å². The Morgan fingerprint density at radius 1 is 1.50 bits per heavy atom. The van der Waals surface area contributed by atoms with Crippen LogP contribution in [-0.4, -0.2) is 42.6 Å². The van der Waals surface area contributed by atoms with Gasteiger partial charge in [-0.1, -0.05) is 6.92 Å². The first-order valence-electron chi connectivity index (χ1n) is 5.92. The fourth-order valence-electron chi connectivity index (χ4n) is 2.15. The number of hydrogen-bond donors (Lipinski definition) is 1. The Balaban J connectivity index is 2.53. The minimum Gasteiger partial charge on any atom is -0.378 e. The first-order chi connectivity index (χ1) is 7.34. The predicted molar refractivity (Wildman–Crippen MR) is 64.0 cm³/mol. The third kappa shape index (κ3) is 3.76. The zero-order chi connectivity index (χ0) is 12.3. The maximum Gasteiger partial charge on any atom is 0.225 e. The molecule has 1 aliphatic rings. The van der Waals surface area contributed by atoms with Gasteiger partial charge in [0.2, 0.25) is 5.91 Å². The van der Waals surface area contributed by atoms with E-state index in [0.717, 1.165) is 13.0 Å². The van der Waals surface area contributed by atoms with E-state index in [1.165, 1.54) is 0 Å². The number of ether oxygens (including phenoxy) is 1. The topological polar surface area (TPSA) is 55.6 Å². The highest BCUT2D eigenvalue weighted by Crippen LogP contribution is 2.19. The number of carbonyl (C=O) groups excluding carboxylic acids is 1. The maximum atomic E-state index is 12.1.